The van der Waals surface area contributed by atoms with E-state index in [1.54, 1.807) is 12.4 Å². The number of H-pyrrole nitrogens is 1. The number of benzene rings is 2. The van der Waals surface area contributed by atoms with Crippen LogP contribution in [0.3, 0.4) is 0 Å². The number of hydrogen-bond acceptors (Lipinski definition) is 8. The fourth-order valence-electron chi connectivity index (χ4n) is 8.98. The van der Waals surface area contributed by atoms with Crippen molar-refractivity contribution in [3.63, 3.8) is 0 Å². The molecule has 2 aromatic carbocycles. The number of aromatic nitrogens is 2. The van der Waals surface area contributed by atoms with Gasteiger partial charge in [-0.3, -0.25) is 19.4 Å². The van der Waals surface area contributed by atoms with Gasteiger partial charge >= 0.3 is 11.9 Å². The Morgan fingerprint density at radius 3 is 2.00 bits per heavy atom. The number of nitrogens with two attached hydrogens (primary N) is 1. The molecule has 0 radical (unpaired) electrons. The Balaban J connectivity index is 0.989. The number of nitrogens with zero attached hydrogens (tertiary/aromatic N) is 3. The van der Waals surface area contributed by atoms with Crippen LogP contribution < -0.4 is 11.1 Å². The zero-order valence-electron chi connectivity index (χ0n) is 27.9. The van der Waals surface area contributed by atoms with Gasteiger partial charge in [0.15, 0.2) is 0 Å². The number of hydrogen-bond donors (Lipinski definition) is 3. The van der Waals surface area contributed by atoms with Crippen LogP contribution >= 0.6 is 0 Å². The summed E-state index contributed by atoms with van der Waals surface area (Å²) in [5.41, 5.74) is 6.60. The van der Waals surface area contributed by atoms with Crippen molar-refractivity contribution in [3.05, 3.63) is 84.2 Å². The average molecular weight is 679 g/mol. The van der Waals surface area contributed by atoms with E-state index in [9.17, 15) is 19.2 Å². The zero-order chi connectivity index (χ0) is 34.5. The van der Waals surface area contributed by atoms with Crippen molar-refractivity contribution in [2.75, 3.05) is 45.8 Å². The second-order valence-corrected chi connectivity index (χ2v) is 14.4. The van der Waals surface area contributed by atoms with Gasteiger partial charge in [-0.05, 0) is 64.0 Å². The van der Waals surface area contributed by atoms with E-state index in [1.807, 2.05) is 53.1 Å². The number of carbonyl (C=O) groups is 4. The van der Waals surface area contributed by atoms with Gasteiger partial charge in [-0.25, -0.2) is 9.59 Å². The first-order valence-electron chi connectivity index (χ1n) is 17.5. The third-order valence-corrected chi connectivity index (χ3v) is 11.5. The highest BCUT2D eigenvalue weighted by Gasteiger charge is 2.51. The van der Waals surface area contributed by atoms with Crippen LogP contribution in [-0.2, 0) is 25.6 Å². The van der Waals surface area contributed by atoms with Crippen LogP contribution in [-0.4, -0.2) is 100 Å². The fraction of sp³-hybridized carbons (Fsp3) is 0.421. The van der Waals surface area contributed by atoms with Gasteiger partial charge in [-0.2, -0.15) is 0 Å². The second-order valence-electron chi connectivity index (χ2n) is 14.4. The number of aromatic amines is 1. The lowest BCUT2D eigenvalue weighted by molar-refractivity contribution is -0.182. The predicted octanol–water partition coefficient (Wildman–Crippen LogP) is 3.22. The number of esters is 2. The third-order valence-electron chi connectivity index (χ3n) is 11.5. The topological polar surface area (TPSA) is 152 Å². The molecule has 6 saturated heterocycles. The number of nitrogens with one attached hydrogen (secondary N) is 2. The Hall–Kier alpha value is -4.94. The summed E-state index contributed by atoms with van der Waals surface area (Å²) in [7, 11) is 0. The molecule has 6 fully saturated rings. The molecule has 8 heterocycles. The average Bonchev–Trinajstić information content (AvgIpc) is 3.73. The molecule has 2 atom stereocenters. The van der Waals surface area contributed by atoms with Crippen LogP contribution in [0.2, 0.25) is 0 Å². The van der Waals surface area contributed by atoms with Crippen LogP contribution in [0.25, 0.3) is 21.8 Å². The minimum atomic E-state index is -0.922. The molecule has 10 rings (SSSR count). The number of carbonyl (C=O) groups excluding carboxylic acids is 4. The van der Waals surface area contributed by atoms with Crippen molar-refractivity contribution in [2.24, 2.45) is 17.6 Å². The maximum Gasteiger partial charge on any atom is 0.331 e. The lowest BCUT2D eigenvalue weighted by Gasteiger charge is -2.52. The summed E-state index contributed by atoms with van der Waals surface area (Å²) < 4.78 is 14.5. The molecule has 6 aliphatic rings. The van der Waals surface area contributed by atoms with E-state index >= 15 is 0 Å². The summed E-state index contributed by atoms with van der Waals surface area (Å²) in [5, 5.41) is 4.63. The van der Waals surface area contributed by atoms with Crippen LogP contribution in [0, 0.1) is 11.8 Å². The van der Waals surface area contributed by atoms with Crippen molar-refractivity contribution in [1.82, 2.24) is 24.7 Å². The van der Waals surface area contributed by atoms with Crippen LogP contribution in [0.4, 0.5) is 0 Å². The summed E-state index contributed by atoms with van der Waals surface area (Å²) in [6.07, 6.45) is 9.22. The molecule has 4 bridgehead atoms. The van der Waals surface area contributed by atoms with Gasteiger partial charge in [0.25, 0.3) is 11.8 Å². The summed E-state index contributed by atoms with van der Waals surface area (Å²) in [6.45, 7) is 5.27. The summed E-state index contributed by atoms with van der Waals surface area (Å²) >= 11 is 0. The smallest absolute Gasteiger partial charge is 0.331 e. The molecule has 6 aliphatic heterocycles. The van der Waals surface area contributed by atoms with Gasteiger partial charge in [-0.1, -0.05) is 36.4 Å². The zero-order valence-corrected chi connectivity index (χ0v) is 27.9. The Bertz CT molecular complexity index is 2000. The maximum atomic E-state index is 13.5. The normalized spacial score (nSPS) is 28.6. The van der Waals surface area contributed by atoms with Gasteiger partial charge in [-0.15, -0.1) is 0 Å². The van der Waals surface area contributed by atoms with Crippen molar-refractivity contribution in [1.29, 1.82) is 0 Å². The standard InChI is InChI=1S/C38H42N6O6/c39-35(47)30-20-44(32-8-4-2-6-28(30)32)24-38(23-43-17-13-26(38)14-18-43)50-34(46)10-9-33(45)49-37(22-42-15-11-25(37)12-16-42)21-41-36(48)29-19-40-31-7-3-1-5-27(29)31/h1-10,19-20,25-26,40H,11-18,21-24H2,(H2,39,47)(H,41,48)/b10-9+. The van der Waals surface area contributed by atoms with E-state index < -0.39 is 29.0 Å². The molecule has 12 heteroatoms. The van der Waals surface area contributed by atoms with Gasteiger partial charge in [0.05, 0.1) is 24.2 Å². The van der Waals surface area contributed by atoms with Crippen molar-refractivity contribution in [3.8, 4) is 0 Å². The summed E-state index contributed by atoms with van der Waals surface area (Å²) in [4.78, 5) is 60.3. The predicted molar refractivity (Wildman–Crippen MR) is 186 cm³/mol. The lowest BCUT2D eigenvalue weighted by atomic mass is 9.75. The first-order chi connectivity index (χ1) is 24.2. The SMILES string of the molecule is NC(=O)c1cn(CC2(OC(=O)/C=C/C(=O)OC3(CNC(=O)c4c[nH]c5ccccc45)CN4CCC3CC4)CN3CCC2CC3)c2ccccc12. The highest BCUT2D eigenvalue weighted by atomic mass is 16.6. The molecule has 0 saturated carbocycles. The summed E-state index contributed by atoms with van der Waals surface area (Å²) in [6, 6.07) is 15.2. The Kier molecular flexibility index (Phi) is 8.23. The van der Waals surface area contributed by atoms with Crippen molar-refractivity contribution in [2.45, 2.75) is 43.4 Å². The van der Waals surface area contributed by atoms with Crippen LogP contribution in [0.5, 0.6) is 0 Å². The molecule has 260 valence electrons. The van der Waals surface area contributed by atoms with Gasteiger partial charge in [0.1, 0.15) is 11.2 Å². The molecule has 2 aromatic heterocycles. The van der Waals surface area contributed by atoms with E-state index in [1.165, 1.54) is 0 Å². The molecule has 0 spiro atoms. The monoisotopic (exact) mass is 678 g/mol. The van der Waals surface area contributed by atoms with Crippen molar-refractivity contribution < 1.29 is 28.7 Å². The van der Waals surface area contributed by atoms with E-state index in [2.05, 4.69) is 20.1 Å². The largest absolute Gasteiger partial charge is 0.452 e. The number of primary amides is 1. The molecule has 0 aliphatic carbocycles. The van der Waals surface area contributed by atoms with E-state index in [0.29, 0.717) is 30.8 Å². The lowest BCUT2D eigenvalue weighted by Crippen LogP contribution is -2.65. The molecule has 12 nitrogen and oxygen atoms in total. The number of ether oxygens (including phenoxy) is 2. The molecule has 2 amide bonds. The number of rotatable bonds is 10. The molecular formula is C38H42N6O6. The van der Waals surface area contributed by atoms with Gasteiger partial charge < -0.3 is 30.1 Å². The highest BCUT2D eigenvalue weighted by Crippen LogP contribution is 2.41. The Labute approximate surface area is 289 Å². The number of fused-ring (bicyclic) bond motifs is 8. The van der Waals surface area contributed by atoms with Crippen LogP contribution in [0.1, 0.15) is 46.4 Å². The van der Waals surface area contributed by atoms with E-state index in [0.717, 1.165) is 85.8 Å². The highest BCUT2D eigenvalue weighted by molar-refractivity contribution is 6.07. The maximum absolute atomic E-state index is 13.5. The molecule has 2 unspecified atom stereocenters. The molecule has 4 aromatic rings. The quantitative estimate of drug-likeness (QED) is 0.171. The first-order valence-corrected chi connectivity index (χ1v) is 17.5. The van der Waals surface area contributed by atoms with E-state index in [4.69, 9.17) is 15.2 Å². The fourth-order valence-corrected chi connectivity index (χ4v) is 8.98. The van der Waals surface area contributed by atoms with Crippen LogP contribution in [0.15, 0.2) is 73.1 Å². The molecule has 50 heavy (non-hydrogen) atoms. The number of piperidine rings is 6. The Morgan fingerprint density at radius 1 is 0.800 bits per heavy atom. The van der Waals surface area contributed by atoms with E-state index in [-0.39, 0.29) is 24.3 Å². The van der Waals surface area contributed by atoms with Gasteiger partial charge in [0, 0.05) is 71.3 Å². The second kappa shape index (κ2) is 12.7. The summed E-state index contributed by atoms with van der Waals surface area (Å²) in [5.74, 6) is -1.84. The number of para-hydroxylation sites is 2. The third kappa shape index (κ3) is 5.86. The van der Waals surface area contributed by atoms with Crippen molar-refractivity contribution >= 4 is 45.6 Å². The number of amides is 2. The Morgan fingerprint density at radius 2 is 1.38 bits per heavy atom. The van der Waals surface area contributed by atoms with Gasteiger partial charge in [0.2, 0.25) is 0 Å². The molecule has 4 N–H and O–H groups in total. The molecular weight excluding hydrogens is 636 g/mol. The minimum Gasteiger partial charge on any atom is -0.452 e. The minimum absolute atomic E-state index is 0.0804. The first kappa shape index (κ1) is 32.3.